The highest BCUT2D eigenvalue weighted by Gasteiger charge is 2.45. The molecule has 4 nitrogen and oxygen atoms in total. The van der Waals surface area contributed by atoms with Crippen LogP contribution in [-0.2, 0) is 14.3 Å². The highest BCUT2D eigenvalue weighted by Crippen LogP contribution is 2.36. The number of nitrogens with one attached hydrogen (secondary N) is 1. The Morgan fingerprint density at radius 1 is 1.44 bits per heavy atom. The Morgan fingerprint density at radius 2 is 2.06 bits per heavy atom. The van der Waals surface area contributed by atoms with E-state index in [-0.39, 0.29) is 29.8 Å². The van der Waals surface area contributed by atoms with Crippen LogP contribution < -0.4 is 5.32 Å². The van der Waals surface area contributed by atoms with E-state index < -0.39 is 0 Å². The Kier molecular flexibility index (Phi) is 3.97. The van der Waals surface area contributed by atoms with E-state index in [0.717, 1.165) is 6.42 Å². The van der Waals surface area contributed by atoms with Gasteiger partial charge in [-0.15, -0.1) is 0 Å². The van der Waals surface area contributed by atoms with Crippen LogP contribution in [-0.4, -0.2) is 36.4 Å². The number of carbonyl (C=O) groups excluding carboxylic acids is 1. The SMILES string of the molecule is CCOC(=O)CNC1CC(C)(C)OC1(C)C. The molecule has 0 spiro atoms. The minimum Gasteiger partial charge on any atom is -0.465 e. The van der Waals surface area contributed by atoms with E-state index in [9.17, 15) is 4.79 Å². The summed E-state index contributed by atoms with van der Waals surface area (Å²) in [4.78, 5) is 11.2. The van der Waals surface area contributed by atoms with Gasteiger partial charge >= 0.3 is 5.97 Å². The number of ether oxygens (including phenoxy) is 2. The second kappa shape index (κ2) is 4.72. The van der Waals surface area contributed by atoms with Gasteiger partial charge in [-0.05, 0) is 41.0 Å². The van der Waals surface area contributed by atoms with Gasteiger partial charge in [0.2, 0.25) is 0 Å². The van der Waals surface area contributed by atoms with Gasteiger partial charge in [0, 0.05) is 6.04 Å². The molecule has 1 N–H and O–H groups in total. The zero-order valence-electron chi connectivity index (χ0n) is 10.9. The lowest BCUT2D eigenvalue weighted by molar-refractivity contribution is -0.142. The topological polar surface area (TPSA) is 47.6 Å². The van der Waals surface area contributed by atoms with Crippen molar-refractivity contribution in [2.45, 2.75) is 58.3 Å². The van der Waals surface area contributed by atoms with Crippen molar-refractivity contribution in [3.8, 4) is 0 Å². The van der Waals surface area contributed by atoms with Gasteiger partial charge < -0.3 is 14.8 Å². The van der Waals surface area contributed by atoms with Crippen molar-refractivity contribution >= 4 is 5.97 Å². The lowest BCUT2D eigenvalue weighted by atomic mass is 9.94. The highest BCUT2D eigenvalue weighted by atomic mass is 16.5. The van der Waals surface area contributed by atoms with Crippen molar-refractivity contribution in [2.24, 2.45) is 0 Å². The third-order valence-electron chi connectivity index (χ3n) is 2.87. The molecular formula is C12H23NO3. The summed E-state index contributed by atoms with van der Waals surface area (Å²) in [6.07, 6.45) is 0.902. The van der Waals surface area contributed by atoms with Gasteiger partial charge in [0.05, 0.1) is 24.4 Å². The van der Waals surface area contributed by atoms with E-state index in [0.29, 0.717) is 6.61 Å². The van der Waals surface area contributed by atoms with Crippen LogP contribution in [0.4, 0.5) is 0 Å². The first-order chi connectivity index (χ1) is 7.27. The average molecular weight is 229 g/mol. The fraction of sp³-hybridized carbons (Fsp3) is 0.917. The van der Waals surface area contributed by atoms with E-state index in [1.54, 1.807) is 0 Å². The summed E-state index contributed by atoms with van der Waals surface area (Å²) < 4.78 is 10.8. The largest absolute Gasteiger partial charge is 0.465 e. The van der Waals surface area contributed by atoms with Crippen LogP contribution in [0.2, 0.25) is 0 Å². The van der Waals surface area contributed by atoms with Crippen LogP contribution in [0.5, 0.6) is 0 Å². The third-order valence-corrected chi connectivity index (χ3v) is 2.87. The maximum atomic E-state index is 11.2. The molecule has 1 unspecified atom stereocenters. The smallest absolute Gasteiger partial charge is 0.319 e. The van der Waals surface area contributed by atoms with E-state index in [4.69, 9.17) is 9.47 Å². The van der Waals surface area contributed by atoms with Gasteiger partial charge in [-0.2, -0.15) is 0 Å². The molecule has 0 aromatic heterocycles. The highest BCUT2D eigenvalue weighted by molar-refractivity contribution is 5.71. The molecule has 1 fully saturated rings. The summed E-state index contributed by atoms with van der Waals surface area (Å²) in [6, 6.07) is 0.187. The Balaban J connectivity index is 2.46. The second-order valence-corrected chi connectivity index (χ2v) is 5.41. The molecule has 1 saturated heterocycles. The molecule has 0 aromatic rings. The molecule has 1 heterocycles. The molecule has 1 aliphatic heterocycles. The quantitative estimate of drug-likeness (QED) is 0.742. The van der Waals surface area contributed by atoms with Crippen molar-refractivity contribution < 1.29 is 14.3 Å². The van der Waals surface area contributed by atoms with Gasteiger partial charge in [-0.3, -0.25) is 4.79 Å². The van der Waals surface area contributed by atoms with Crippen molar-refractivity contribution in [1.82, 2.24) is 5.32 Å². The zero-order valence-corrected chi connectivity index (χ0v) is 10.9. The Labute approximate surface area is 97.7 Å². The van der Waals surface area contributed by atoms with Gasteiger partial charge in [0.15, 0.2) is 0 Å². The minimum atomic E-state index is -0.240. The molecule has 1 aliphatic rings. The standard InChI is InChI=1S/C12H23NO3/c1-6-15-10(14)8-13-9-7-11(2,3)16-12(9,4)5/h9,13H,6-8H2,1-5H3. The lowest BCUT2D eigenvalue weighted by Crippen LogP contribution is -2.45. The van der Waals surface area contributed by atoms with Gasteiger partial charge in [0.25, 0.3) is 0 Å². The second-order valence-electron chi connectivity index (χ2n) is 5.41. The summed E-state index contributed by atoms with van der Waals surface area (Å²) in [6.45, 7) is 10.7. The molecule has 16 heavy (non-hydrogen) atoms. The maximum absolute atomic E-state index is 11.2. The third kappa shape index (κ3) is 3.46. The molecule has 0 aromatic carbocycles. The minimum absolute atomic E-state index is 0.129. The van der Waals surface area contributed by atoms with Crippen LogP contribution >= 0.6 is 0 Å². The number of hydrogen-bond acceptors (Lipinski definition) is 4. The Morgan fingerprint density at radius 3 is 2.50 bits per heavy atom. The monoisotopic (exact) mass is 229 g/mol. The van der Waals surface area contributed by atoms with Gasteiger partial charge in [-0.1, -0.05) is 0 Å². The average Bonchev–Trinajstić information content (AvgIpc) is 2.31. The van der Waals surface area contributed by atoms with E-state index in [1.807, 2.05) is 20.8 Å². The van der Waals surface area contributed by atoms with Crippen molar-refractivity contribution in [3.05, 3.63) is 0 Å². The normalized spacial score (nSPS) is 26.7. The van der Waals surface area contributed by atoms with Crippen LogP contribution in [0, 0.1) is 0 Å². The van der Waals surface area contributed by atoms with Gasteiger partial charge in [-0.25, -0.2) is 0 Å². The lowest BCUT2D eigenvalue weighted by Gasteiger charge is -2.27. The van der Waals surface area contributed by atoms with E-state index in [2.05, 4.69) is 19.2 Å². The molecule has 1 atom stereocenters. The molecule has 0 radical (unpaired) electrons. The molecule has 0 bridgehead atoms. The number of hydrogen-bond donors (Lipinski definition) is 1. The van der Waals surface area contributed by atoms with Crippen LogP contribution in [0.15, 0.2) is 0 Å². The van der Waals surface area contributed by atoms with Crippen molar-refractivity contribution in [3.63, 3.8) is 0 Å². The molecule has 4 heteroatoms. The fourth-order valence-electron chi connectivity index (χ4n) is 2.30. The first-order valence-corrected chi connectivity index (χ1v) is 5.86. The molecular weight excluding hydrogens is 206 g/mol. The molecule has 0 aliphatic carbocycles. The van der Waals surface area contributed by atoms with Gasteiger partial charge in [0.1, 0.15) is 0 Å². The van der Waals surface area contributed by atoms with Crippen molar-refractivity contribution in [1.29, 1.82) is 0 Å². The van der Waals surface area contributed by atoms with Crippen LogP contribution in [0.3, 0.4) is 0 Å². The summed E-state index contributed by atoms with van der Waals surface area (Å²) >= 11 is 0. The van der Waals surface area contributed by atoms with Crippen molar-refractivity contribution in [2.75, 3.05) is 13.2 Å². The number of carbonyl (C=O) groups is 1. The Bertz CT molecular complexity index is 261. The predicted octanol–water partition coefficient (Wildman–Crippen LogP) is 1.49. The maximum Gasteiger partial charge on any atom is 0.319 e. The first-order valence-electron chi connectivity index (χ1n) is 5.86. The molecule has 0 amide bonds. The summed E-state index contributed by atoms with van der Waals surface area (Å²) in [7, 11) is 0. The number of esters is 1. The predicted molar refractivity (Wildman–Crippen MR) is 62.3 cm³/mol. The summed E-state index contributed by atoms with van der Waals surface area (Å²) in [5, 5.41) is 3.21. The van der Waals surface area contributed by atoms with E-state index >= 15 is 0 Å². The fourth-order valence-corrected chi connectivity index (χ4v) is 2.30. The summed E-state index contributed by atoms with van der Waals surface area (Å²) in [5.74, 6) is -0.206. The molecule has 94 valence electrons. The van der Waals surface area contributed by atoms with Crippen LogP contribution in [0.1, 0.15) is 41.0 Å². The zero-order chi connectivity index (χ0) is 12.4. The Hall–Kier alpha value is -0.610. The first kappa shape index (κ1) is 13.5. The molecule has 0 saturated carbocycles. The van der Waals surface area contributed by atoms with Crippen LogP contribution in [0.25, 0.3) is 0 Å². The number of rotatable bonds is 4. The molecule has 1 rings (SSSR count). The summed E-state index contributed by atoms with van der Waals surface area (Å²) in [5.41, 5.74) is -0.369. The van der Waals surface area contributed by atoms with E-state index in [1.165, 1.54) is 0 Å².